The summed E-state index contributed by atoms with van der Waals surface area (Å²) in [6, 6.07) is 0. The molecule has 0 amide bonds. The molecule has 0 radical (unpaired) electrons. The fourth-order valence-corrected chi connectivity index (χ4v) is 0. The van der Waals surface area contributed by atoms with E-state index in [2.05, 4.69) is 75.8 Å². The third kappa shape index (κ3) is 3420. The zero-order valence-electron chi connectivity index (χ0n) is 8.54. The van der Waals surface area contributed by atoms with E-state index >= 15 is 0 Å². The van der Waals surface area contributed by atoms with Crippen LogP contribution in [0.4, 0.5) is 0 Å². The molecule has 0 atom stereocenters. The van der Waals surface area contributed by atoms with Crippen molar-refractivity contribution in [2.45, 2.75) is 0 Å². The zero-order chi connectivity index (χ0) is 16.2. The van der Waals surface area contributed by atoms with Gasteiger partial charge < -0.3 is 75.8 Å². The van der Waals surface area contributed by atoms with Crippen LogP contribution in [0.15, 0.2) is 0 Å². The monoisotopic (exact) mass is 532 g/mol. The Kier molecular flexibility index (Phi) is 399. The molecular formula is C6N6S6W-6. The van der Waals surface area contributed by atoms with Crippen molar-refractivity contribution in [1.82, 2.24) is 0 Å². The molecule has 0 saturated heterocycles. The van der Waals surface area contributed by atoms with E-state index in [4.69, 9.17) is 31.6 Å². The van der Waals surface area contributed by atoms with E-state index in [0.717, 1.165) is 0 Å². The van der Waals surface area contributed by atoms with Gasteiger partial charge in [0.2, 0.25) is 0 Å². The second kappa shape index (κ2) is 176. The number of rotatable bonds is 0. The molecule has 0 aromatic heterocycles. The Hall–Kier alpha value is -1.05. The predicted molar refractivity (Wildman–Crippen MR) is 77.9 cm³/mol. The molecule has 19 heavy (non-hydrogen) atoms. The van der Waals surface area contributed by atoms with Crippen molar-refractivity contribution in [3.8, 4) is 32.4 Å². The smallest absolute Gasteiger partial charge is 0 e. The van der Waals surface area contributed by atoms with Crippen molar-refractivity contribution in [2.75, 3.05) is 0 Å². The first kappa shape index (κ1) is 43.0. The van der Waals surface area contributed by atoms with Gasteiger partial charge in [0.25, 0.3) is 0 Å². The van der Waals surface area contributed by atoms with Crippen LogP contribution < -0.4 is 0 Å². The topological polar surface area (TPSA) is 143 Å². The van der Waals surface area contributed by atoms with Gasteiger partial charge in [-0.1, -0.05) is 32.4 Å². The molecule has 0 aromatic carbocycles. The molecule has 0 spiro atoms. The molecule has 0 aliphatic heterocycles. The zero-order valence-corrected chi connectivity index (χ0v) is 16.4. The van der Waals surface area contributed by atoms with Gasteiger partial charge >= 0.3 is 0 Å². The van der Waals surface area contributed by atoms with Gasteiger partial charge in [0, 0.05) is 21.1 Å². The van der Waals surface area contributed by atoms with Crippen LogP contribution in [-0.4, -0.2) is 0 Å². The third-order valence-corrected chi connectivity index (χ3v) is 0. The van der Waals surface area contributed by atoms with E-state index < -0.39 is 0 Å². The summed E-state index contributed by atoms with van der Waals surface area (Å²) >= 11 is 22.2. The first-order valence-corrected chi connectivity index (χ1v) is 5.02. The number of thiocyanates is 6. The van der Waals surface area contributed by atoms with E-state index in [1.54, 1.807) is 0 Å². The van der Waals surface area contributed by atoms with Crippen LogP contribution in [0.3, 0.4) is 0 Å². The van der Waals surface area contributed by atoms with Crippen LogP contribution in [0.1, 0.15) is 0 Å². The van der Waals surface area contributed by atoms with E-state index in [1.807, 2.05) is 0 Å². The maximum atomic E-state index is 7.13. The standard InChI is InChI=1S/6CHNS.W/c6*2-1-3;/h6*3H;/p-6. The predicted octanol–water partition coefficient (Wildman–Crippen LogP) is 0.0838. The summed E-state index contributed by atoms with van der Waals surface area (Å²) in [4.78, 5) is 0. The normalized spacial score (nSPS) is 2.21. The summed E-state index contributed by atoms with van der Waals surface area (Å²) in [5.74, 6) is 0. The van der Waals surface area contributed by atoms with Gasteiger partial charge in [-0.3, -0.25) is 0 Å². The third-order valence-electron chi connectivity index (χ3n) is 0. The van der Waals surface area contributed by atoms with Crippen molar-refractivity contribution >= 4 is 75.8 Å². The Morgan fingerprint density at radius 3 is 0.368 bits per heavy atom. The first-order chi connectivity index (χ1) is 8.49. The summed E-state index contributed by atoms with van der Waals surface area (Å²) in [6.07, 6.45) is 0. The van der Waals surface area contributed by atoms with Gasteiger partial charge in [0.05, 0.1) is 0 Å². The van der Waals surface area contributed by atoms with Gasteiger partial charge in [-0.15, -0.1) is 0 Å². The Morgan fingerprint density at radius 1 is 0.368 bits per heavy atom. The molecule has 0 rings (SSSR count). The summed E-state index contributed by atoms with van der Waals surface area (Å²) in [5, 5.41) is 50.8. The van der Waals surface area contributed by atoms with Crippen molar-refractivity contribution < 1.29 is 21.1 Å². The first-order valence-electron chi connectivity index (χ1n) is 2.57. The van der Waals surface area contributed by atoms with Gasteiger partial charge in [-0.05, 0) is 0 Å². The molecule has 13 heteroatoms. The molecule has 0 aliphatic carbocycles. The number of hydrogen-bond donors (Lipinski definition) is 0. The van der Waals surface area contributed by atoms with Crippen LogP contribution in [0, 0.1) is 64.0 Å². The largest absolute Gasteiger partial charge is 0.696 e. The van der Waals surface area contributed by atoms with Gasteiger partial charge in [-0.25, -0.2) is 31.6 Å². The van der Waals surface area contributed by atoms with Crippen LogP contribution in [0.25, 0.3) is 0 Å². The number of nitrogens with zero attached hydrogens (tertiary/aromatic N) is 6. The molecule has 0 aliphatic rings. The summed E-state index contributed by atoms with van der Waals surface area (Å²) in [6.45, 7) is 0. The molecule has 0 saturated carbocycles. The van der Waals surface area contributed by atoms with Crippen LogP contribution in [-0.2, 0) is 96.8 Å². The molecule has 0 fully saturated rings. The Labute approximate surface area is 159 Å². The van der Waals surface area contributed by atoms with E-state index in [1.165, 1.54) is 32.4 Å². The fraction of sp³-hybridized carbons (Fsp3) is 0. The van der Waals surface area contributed by atoms with Crippen LogP contribution in [0.5, 0.6) is 0 Å². The minimum absolute atomic E-state index is 0. The summed E-state index contributed by atoms with van der Waals surface area (Å²) in [5.41, 5.74) is 0. The van der Waals surface area contributed by atoms with Gasteiger partial charge in [-0.2, -0.15) is 0 Å². The van der Waals surface area contributed by atoms with Crippen molar-refractivity contribution in [3.63, 3.8) is 0 Å². The molecule has 0 bridgehead atoms. The Morgan fingerprint density at radius 2 is 0.368 bits per heavy atom. The fourth-order valence-electron chi connectivity index (χ4n) is 0. The molecule has 0 unspecified atom stereocenters. The average Bonchev–Trinajstić information content (AvgIpc) is 2.23. The van der Waals surface area contributed by atoms with Crippen LogP contribution >= 0.6 is 0 Å². The quantitative estimate of drug-likeness (QED) is 0.308. The maximum absolute atomic E-state index is 7.13. The summed E-state index contributed by atoms with van der Waals surface area (Å²) in [7, 11) is 0. The van der Waals surface area contributed by atoms with E-state index in [0.29, 0.717) is 0 Å². The second-order valence-electron chi connectivity index (χ2n) is 0.548. The Bertz CT molecular complexity index is 256. The minimum atomic E-state index is 0. The van der Waals surface area contributed by atoms with E-state index in [9.17, 15) is 0 Å². The number of hydrogen-bond acceptors (Lipinski definition) is 12. The van der Waals surface area contributed by atoms with E-state index in [-0.39, 0.29) is 21.1 Å². The van der Waals surface area contributed by atoms with Gasteiger partial charge in [0.1, 0.15) is 0 Å². The van der Waals surface area contributed by atoms with Crippen molar-refractivity contribution in [3.05, 3.63) is 0 Å². The molecule has 102 valence electrons. The van der Waals surface area contributed by atoms with Crippen LogP contribution in [0.2, 0.25) is 0 Å². The van der Waals surface area contributed by atoms with Crippen molar-refractivity contribution in [1.29, 1.82) is 31.6 Å². The molecule has 0 heterocycles. The average molecular weight is 532 g/mol. The molecule has 0 aromatic rings. The summed E-state index contributed by atoms with van der Waals surface area (Å²) < 4.78 is 0. The van der Waals surface area contributed by atoms with Crippen molar-refractivity contribution in [2.24, 2.45) is 0 Å². The number of nitriles is 6. The molecular weight excluding hydrogens is 532 g/mol. The SMILES string of the molecule is N#C[S-].N#C[S-].N#C[S-].N#C[S-].N#C[S-].N#C[S-].[W]. The minimum Gasteiger partial charge on any atom is -0.696 e. The molecule has 0 N–H and O–H groups in total. The Balaban J connectivity index is -0.0000000180. The second-order valence-corrected chi connectivity index (χ2v) is 1.64. The molecule has 6 nitrogen and oxygen atoms in total. The maximum Gasteiger partial charge on any atom is 0 e. The van der Waals surface area contributed by atoms with Gasteiger partial charge in [0.15, 0.2) is 0 Å².